The maximum atomic E-state index is 12.4. The Kier molecular flexibility index (Phi) is 3.74. The molecule has 1 aliphatic heterocycles. The minimum Gasteiger partial charge on any atom is -0.271 e. The van der Waals surface area contributed by atoms with Gasteiger partial charge in [0.15, 0.2) is 0 Å². The number of nitrogens with two attached hydrogens (primary N) is 1. The molecule has 1 heterocycles. The van der Waals surface area contributed by atoms with Crippen molar-refractivity contribution in [1.29, 1.82) is 0 Å². The molecule has 2 amide bonds. The van der Waals surface area contributed by atoms with Crippen LogP contribution in [-0.4, -0.2) is 28.3 Å². The first-order chi connectivity index (χ1) is 9.38. The second-order valence-electron chi connectivity index (χ2n) is 5.46. The van der Waals surface area contributed by atoms with Crippen LogP contribution < -0.4 is 11.3 Å². The van der Waals surface area contributed by atoms with Crippen molar-refractivity contribution in [3.8, 4) is 0 Å². The fraction of sp³-hybridized carbons (Fsp3) is 0.333. The number of benzene rings is 1. The van der Waals surface area contributed by atoms with Gasteiger partial charge in [0.1, 0.15) is 0 Å². The highest BCUT2D eigenvalue weighted by molar-refractivity contribution is 6.21. The molecule has 0 fully saturated rings. The summed E-state index contributed by atoms with van der Waals surface area (Å²) in [6, 6.07) is 6.84. The number of amides is 2. The van der Waals surface area contributed by atoms with Crippen molar-refractivity contribution in [1.82, 2.24) is 10.3 Å². The van der Waals surface area contributed by atoms with E-state index in [1.807, 2.05) is 32.9 Å². The van der Waals surface area contributed by atoms with E-state index in [2.05, 4.69) is 5.43 Å². The Morgan fingerprint density at radius 2 is 1.70 bits per heavy atom. The summed E-state index contributed by atoms with van der Waals surface area (Å²) in [6.07, 6.45) is 3.66. The lowest BCUT2D eigenvalue weighted by atomic mass is 10.0. The molecule has 1 atom stereocenters. The van der Waals surface area contributed by atoms with Crippen molar-refractivity contribution < 1.29 is 9.59 Å². The molecular formula is C15H19N3O2. The number of hydrogen-bond donors (Lipinski definition) is 2. The summed E-state index contributed by atoms with van der Waals surface area (Å²) in [7, 11) is 0. The molecule has 106 valence electrons. The van der Waals surface area contributed by atoms with Gasteiger partial charge in [-0.3, -0.25) is 25.8 Å². The number of rotatable bonds is 4. The summed E-state index contributed by atoms with van der Waals surface area (Å²) in [4.78, 5) is 26.1. The fourth-order valence-corrected chi connectivity index (χ4v) is 2.22. The largest absolute Gasteiger partial charge is 0.271 e. The maximum absolute atomic E-state index is 12.4. The Balaban J connectivity index is 2.33. The Bertz CT molecular complexity index is 543. The first kappa shape index (κ1) is 14.4. The monoisotopic (exact) mass is 273 g/mol. The summed E-state index contributed by atoms with van der Waals surface area (Å²) in [6.45, 7) is 5.54. The molecule has 0 unspecified atom stereocenters. The third-order valence-electron chi connectivity index (χ3n) is 3.43. The van der Waals surface area contributed by atoms with Crippen LogP contribution in [0.1, 0.15) is 41.5 Å². The van der Waals surface area contributed by atoms with Gasteiger partial charge in [0, 0.05) is 6.04 Å². The normalized spacial score (nSPS) is 16.9. The minimum absolute atomic E-state index is 0.0375. The van der Waals surface area contributed by atoms with Crippen molar-refractivity contribution >= 4 is 11.8 Å². The van der Waals surface area contributed by atoms with Crippen LogP contribution in [0.5, 0.6) is 0 Å². The van der Waals surface area contributed by atoms with Crippen LogP contribution in [0, 0.1) is 0 Å². The summed E-state index contributed by atoms with van der Waals surface area (Å²) < 4.78 is 0. The van der Waals surface area contributed by atoms with Gasteiger partial charge in [-0.1, -0.05) is 24.3 Å². The zero-order valence-electron chi connectivity index (χ0n) is 11.9. The SMILES string of the molecule is C[C@H](/C=C\C(C)(C)N1C(=O)c2ccccc2C1=O)NN. The van der Waals surface area contributed by atoms with Crippen LogP contribution in [0.4, 0.5) is 0 Å². The quantitative estimate of drug-likeness (QED) is 0.377. The summed E-state index contributed by atoms with van der Waals surface area (Å²) in [5, 5.41) is 0. The molecule has 0 spiro atoms. The highest BCUT2D eigenvalue weighted by Crippen LogP contribution is 2.30. The third kappa shape index (κ3) is 2.37. The van der Waals surface area contributed by atoms with E-state index in [4.69, 9.17) is 5.84 Å². The number of carbonyl (C=O) groups is 2. The number of nitrogens with zero attached hydrogens (tertiary/aromatic N) is 1. The molecule has 0 radical (unpaired) electrons. The predicted octanol–water partition coefficient (Wildman–Crippen LogP) is 1.47. The van der Waals surface area contributed by atoms with E-state index in [-0.39, 0.29) is 17.9 Å². The number of carbonyl (C=O) groups excluding carboxylic acids is 2. The molecule has 1 aromatic rings. The smallest absolute Gasteiger partial charge is 0.262 e. The predicted molar refractivity (Wildman–Crippen MR) is 76.9 cm³/mol. The van der Waals surface area contributed by atoms with Gasteiger partial charge < -0.3 is 0 Å². The zero-order valence-corrected chi connectivity index (χ0v) is 11.9. The summed E-state index contributed by atoms with van der Waals surface area (Å²) >= 11 is 0. The number of imide groups is 1. The fourth-order valence-electron chi connectivity index (χ4n) is 2.22. The molecule has 0 aliphatic carbocycles. The van der Waals surface area contributed by atoms with Crippen molar-refractivity contribution in [2.24, 2.45) is 5.84 Å². The Morgan fingerprint density at radius 1 is 1.20 bits per heavy atom. The molecule has 20 heavy (non-hydrogen) atoms. The molecular weight excluding hydrogens is 254 g/mol. The standard InChI is InChI=1S/C15H19N3O2/c1-10(17-16)8-9-15(2,3)18-13(19)11-6-4-5-7-12(11)14(18)20/h4-10,17H,16H2,1-3H3/b9-8-/t10-/m1/s1. The van der Waals surface area contributed by atoms with E-state index in [0.717, 1.165) is 0 Å². The van der Waals surface area contributed by atoms with Gasteiger partial charge >= 0.3 is 0 Å². The highest BCUT2D eigenvalue weighted by Gasteiger charge is 2.42. The highest BCUT2D eigenvalue weighted by atomic mass is 16.2. The van der Waals surface area contributed by atoms with Gasteiger partial charge in [0.2, 0.25) is 0 Å². The average molecular weight is 273 g/mol. The second kappa shape index (κ2) is 5.19. The zero-order chi connectivity index (χ0) is 14.9. The van der Waals surface area contributed by atoms with E-state index in [0.29, 0.717) is 11.1 Å². The number of hydrogen-bond acceptors (Lipinski definition) is 4. The lowest BCUT2D eigenvalue weighted by molar-refractivity contribution is 0.0541. The molecule has 0 saturated carbocycles. The van der Waals surface area contributed by atoms with Crippen molar-refractivity contribution in [3.63, 3.8) is 0 Å². The van der Waals surface area contributed by atoms with E-state index in [9.17, 15) is 9.59 Å². The third-order valence-corrected chi connectivity index (χ3v) is 3.43. The van der Waals surface area contributed by atoms with Crippen LogP contribution in [0.25, 0.3) is 0 Å². The van der Waals surface area contributed by atoms with E-state index in [1.54, 1.807) is 24.3 Å². The lowest BCUT2D eigenvalue weighted by Gasteiger charge is -2.31. The summed E-state index contributed by atoms with van der Waals surface area (Å²) in [5.41, 5.74) is 2.81. The molecule has 1 aliphatic rings. The van der Waals surface area contributed by atoms with E-state index in [1.165, 1.54) is 4.90 Å². The van der Waals surface area contributed by atoms with Crippen molar-refractivity contribution in [3.05, 3.63) is 47.5 Å². The van der Waals surface area contributed by atoms with Crippen LogP contribution in [0.15, 0.2) is 36.4 Å². The molecule has 5 heteroatoms. The van der Waals surface area contributed by atoms with Gasteiger partial charge in [-0.05, 0) is 32.9 Å². The molecule has 0 aromatic heterocycles. The topological polar surface area (TPSA) is 75.4 Å². The van der Waals surface area contributed by atoms with Gasteiger partial charge in [0.25, 0.3) is 11.8 Å². The van der Waals surface area contributed by atoms with Crippen LogP contribution in [0.2, 0.25) is 0 Å². The second-order valence-corrected chi connectivity index (χ2v) is 5.46. The number of hydrazine groups is 1. The van der Waals surface area contributed by atoms with Crippen LogP contribution >= 0.6 is 0 Å². The first-order valence-corrected chi connectivity index (χ1v) is 6.52. The van der Waals surface area contributed by atoms with Gasteiger partial charge in [0.05, 0.1) is 16.7 Å². The average Bonchev–Trinajstić information content (AvgIpc) is 2.69. The van der Waals surface area contributed by atoms with Gasteiger partial charge in [-0.25, -0.2) is 0 Å². The van der Waals surface area contributed by atoms with Crippen molar-refractivity contribution in [2.75, 3.05) is 0 Å². The Labute approximate surface area is 118 Å². The summed E-state index contributed by atoms with van der Waals surface area (Å²) in [5.74, 6) is 4.82. The maximum Gasteiger partial charge on any atom is 0.262 e. The van der Waals surface area contributed by atoms with Gasteiger partial charge in [-0.2, -0.15) is 0 Å². The van der Waals surface area contributed by atoms with E-state index < -0.39 is 5.54 Å². The molecule has 0 saturated heterocycles. The Hall–Kier alpha value is -1.98. The molecule has 1 aromatic carbocycles. The van der Waals surface area contributed by atoms with E-state index >= 15 is 0 Å². The van der Waals surface area contributed by atoms with Crippen LogP contribution in [0.3, 0.4) is 0 Å². The Morgan fingerprint density at radius 3 is 2.15 bits per heavy atom. The van der Waals surface area contributed by atoms with Gasteiger partial charge in [-0.15, -0.1) is 0 Å². The number of nitrogens with one attached hydrogen (secondary N) is 1. The molecule has 0 bridgehead atoms. The van der Waals surface area contributed by atoms with Crippen LogP contribution in [-0.2, 0) is 0 Å². The lowest BCUT2D eigenvalue weighted by Crippen LogP contribution is -2.46. The minimum atomic E-state index is -0.710. The van der Waals surface area contributed by atoms with Crippen molar-refractivity contribution in [2.45, 2.75) is 32.4 Å². The molecule has 3 N–H and O–H groups in total. The number of fused-ring (bicyclic) bond motifs is 1. The molecule has 2 rings (SSSR count). The first-order valence-electron chi connectivity index (χ1n) is 6.52. The molecule has 5 nitrogen and oxygen atoms in total.